The summed E-state index contributed by atoms with van der Waals surface area (Å²) in [6.45, 7) is 8.95. The molecule has 0 aromatic rings. The Hall–Kier alpha value is -0.120. The molecule has 3 heteroatoms. The third-order valence-corrected chi connectivity index (χ3v) is 3.64. The third-order valence-electron chi connectivity index (χ3n) is 3.64. The zero-order valence-corrected chi connectivity index (χ0v) is 9.32. The molecule has 1 N–H and O–H groups in total. The van der Waals surface area contributed by atoms with E-state index in [1.165, 1.54) is 19.5 Å². The van der Waals surface area contributed by atoms with Gasteiger partial charge in [0.15, 0.2) is 0 Å². The third kappa shape index (κ3) is 2.10. The fraction of sp³-hybridized carbons (Fsp3) is 1.00. The summed E-state index contributed by atoms with van der Waals surface area (Å²) in [5.74, 6) is 0. The highest BCUT2D eigenvalue weighted by Gasteiger charge is 2.32. The predicted molar refractivity (Wildman–Crippen MR) is 57.3 cm³/mol. The molecule has 0 aliphatic carbocycles. The van der Waals surface area contributed by atoms with E-state index in [0.717, 1.165) is 19.5 Å². The molecule has 2 fully saturated rings. The van der Waals surface area contributed by atoms with Crippen LogP contribution in [0.15, 0.2) is 0 Å². The van der Waals surface area contributed by atoms with Crippen molar-refractivity contribution < 1.29 is 5.11 Å². The minimum atomic E-state index is -0.0666. The Labute approximate surface area is 86.7 Å². The smallest absolute Gasteiger partial charge is 0.0679 e. The monoisotopic (exact) mass is 198 g/mol. The van der Waals surface area contributed by atoms with Crippen molar-refractivity contribution in [2.75, 3.05) is 26.2 Å². The molecule has 2 saturated heterocycles. The molecule has 0 aromatic heterocycles. The first-order valence-corrected chi connectivity index (χ1v) is 5.83. The molecule has 2 aliphatic heterocycles. The van der Waals surface area contributed by atoms with E-state index in [2.05, 4.69) is 23.6 Å². The summed E-state index contributed by atoms with van der Waals surface area (Å²) >= 11 is 0. The van der Waals surface area contributed by atoms with Crippen LogP contribution >= 0.6 is 0 Å². The quantitative estimate of drug-likeness (QED) is 0.701. The minimum absolute atomic E-state index is 0.0666. The van der Waals surface area contributed by atoms with E-state index in [9.17, 15) is 5.11 Å². The maximum atomic E-state index is 9.48. The van der Waals surface area contributed by atoms with Crippen LogP contribution in [0.1, 0.15) is 26.7 Å². The van der Waals surface area contributed by atoms with Gasteiger partial charge in [0.25, 0.3) is 0 Å². The van der Waals surface area contributed by atoms with Gasteiger partial charge in [0.05, 0.1) is 6.10 Å². The molecule has 2 heterocycles. The van der Waals surface area contributed by atoms with Gasteiger partial charge in [-0.3, -0.25) is 9.80 Å². The van der Waals surface area contributed by atoms with Gasteiger partial charge in [-0.1, -0.05) is 0 Å². The number of hydrogen-bond acceptors (Lipinski definition) is 3. The lowest BCUT2D eigenvalue weighted by Gasteiger charge is -2.25. The normalized spacial score (nSPS) is 36.0. The summed E-state index contributed by atoms with van der Waals surface area (Å²) < 4.78 is 0. The first-order chi connectivity index (χ1) is 6.66. The highest BCUT2D eigenvalue weighted by molar-refractivity contribution is 4.88. The Morgan fingerprint density at radius 3 is 2.43 bits per heavy atom. The number of nitrogens with zero attached hydrogens (tertiary/aromatic N) is 2. The molecule has 0 bridgehead atoms. The molecule has 3 nitrogen and oxygen atoms in total. The zero-order valence-electron chi connectivity index (χ0n) is 9.32. The van der Waals surface area contributed by atoms with Gasteiger partial charge in [-0.15, -0.1) is 0 Å². The van der Waals surface area contributed by atoms with Gasteiger partial charge in [-0.25, -0.2) is 0 Å². The SMILES string of the molecule is CC(C)N1CCC(N2CCC(O)C2)C1. The van der Waals surface area contributed by atoms with E-state index >= 15 is 0 Å². The molecule has 0 amide bonds. The molecule has 2 rings (SSSR count). The maximum absolute atomic E-state index is 9.48. The second kappa shape index (κ2) is 4.17. The Bertz CT molecular complexity index is 196. The minimum Gasteiger partial charge on any atom is -0.392 e. The molecule has 0 aromatic carbocycles. The number of aliphatic hydroxyl groups is 1. The highest BCUT2D eigenvalue weighted by atomic mass is 16.3. The van der Waals surface area contributed by atoms with Crippen molar-refractivity contribution >= 4 is 0 Å². The second-order valence-corrected chi connectivity index (χ2v) is 4.97. The highest BCUT2D eigenvalue weighted by Crippen LogP contribution is 2.21. The van der Waals surface area contributed by atoms with Gasteiger partial charge < -0.3 is 5.11 Å². The Morgan fingerprint density at radius 1 is 1.14 bits per heavy atom. The van der Waals surface area contributed by atoms with Crippen LogP contribution in [0.5, 0.6) is 0 Å². The van der Waals surface area contributed by atoms with E-state index in [4.69, 9.17) is 0 Å². The lowest BCUT2D eigenvalue weighted by molar-refractivity contribution is 0.156. The first-order valence-electron chi connectivity index (χ1n) is 5.83. The Morgan fingerprint density at radius 2 is 1.93 bits per heavy atom. The molecule has 14 heavy (non-hydrogen) atoms. The average molecular weight is 198 g/mol. The number of rotatable bonds is 2. The summed E-state index contributed by atoms with van der Waals surface area (Å²) in [7, 11) is 0. The van der Waals surface area contributed by atoms with Crippen LogP contribution in [0.2, 0.25) is 0 Å². The maximum Gasteiger partial charge on any atom is 0.0679 e. The van der Waals surface area contributed by atoms with Crippen LogP contribution in [0.25, 0.3) is 0 Å². The van der Waals surface area contributed by atoms with Gasteiger partial charge >= 0.3 is 0 Å². The summed E-state index contributed by atoms with van der Waals surface area (Å²) in [4.78, 5) is 5.00. The van der Waals surface area contributed by atoms with Crippen molar-refractivity contribution in [2.24, 2.45) is 0 Å². The first kappa shape index (κ1) is 10.4. The average Bonchev–Trinajstić information content (AvgIpc) is 2.70. The molecular formula is C11H22N2O. The molecule has 0 radical (unpaired) electrons. The van der Waals surface area contributed by atoms with Crippen molar-refractivity contribution in [3.63, 3.8) is 0 Å². The van der Waals surface area contributed by atoms with Crippen LogP contribution in [-0.2, 0) is 0 Å². The van der Waals surface area contributed by atoms with E-state index in [1.807, 2.05) is 0 Å². The second-order valence-electron chi connectivity index (χ2n) is 4.97. The summed E-state index contributed by atoms with van der Waals surface area (Å²) in [5.41, 5.74) is 0. The van der Waals surface area contributed by atoms with E-state index < -0.39 is 0 Å². The zero-order chi connectivity index (χ0) is 10.1. The molecular weight excluding hydrogens is 176 g/mol. The molecule has 82 valence electrons. The molecule has 2 atom stereocenters. The Kier molecular flexibility index (Phi) is 3.10. The van der Waals surface area contributed by atoms with Gasteiger partial charge in [-0.2, -0.15) is 0 Å². The molecule has 0 spiro atoms. The van der Waals surface area contributed by atoms with Gasteiger partial charge in [0.1, 0.15) is 0 Å². The van der Waals surface area contributed by atoms with Crippen LogP contribution < -0.4 is 0 Å². The van der Waals surface area contributed by atoms with Crippen LogP contribution in [0, 0.1) is 0 Å². The molecule has 2 unspecified atom stereocenters. The summed E-state index contributed by atoms with van der Waals surface area (Å²) in [6.07, 6.45) is 2.19. The fourth-order valence-electron chi connectivity index (χ4n) is 2.63. The number of β-amino-alcohol motifs (C(OH)–C–C–N with tert-alkyl or cyclic N) is 1. The van der Waals surface area contributed by atoms with Crippen molar-refractivity contribution in [3.05, 3.63) is 0 Å². The van der Waals surface area contributed by atoms with E-state index in [1.54, 1.807) is 0 Å². The number of aliphatic hydroxyl groups excluding tert-OH is 1. The largest absolute Gasteiger partial charge is 0.392 e. The van der Waals surface area contributed by atoms with Crippen LogP contribution in [0.4, 0.5) is 0 Å². The lowest BCUT2D eigenvalue weighted by Crippen LogP contribution is -2.37. The van der Waals surface area contributed by atoms with E-state index in [0.29, 0.717) is 12.1 Å². The predicted octanol–water partition coefficient (Wildman–Crippen LogP) is 0.536. The summed E-state index contributed by atoms with van der Waals surface area (Å²) in [5, 5.41) is 9.48. The number of likely N-dealkylation sites (tertiary alicyclic amines) is 2. The Balaban J connectivity index is 1.83. The van der Waals surface area contributed by atoms with Crippen LogP contribution in [-0.4, -0.2) is 59.3 Å². The lowest BCUT2D eigenvalue weighted by atomic mass is 10.2. The summed E-state index contributed by atoms with van der Waals surface area (Å²) in [6, 6.07) is 1.38. The van der Waals surface area contributed by atoms with E-state index in [-0.39, 0.29) is 6.10 Å². The van der Waals surface area contributed by atoms with Crippen molar-refractivity contribution in [2.45, 2.75) is 44.9 Å². The van der Waals surface area contributed by atoms with Crippen molar-refractivity contribution in [3.8, 4) is 0 Å². The fourth-order valence-corrected chi connectivity index (χ4v) is 2.63. The molecule has 0 saturated carbocycles. The van der Waals surface area contributed by atoms with Crippen LogP contribution in [0.3, 0.4) is 0 Å². The molecule has 2 aliphatic rings. The van der Waals surface area contributed by atoms with Gasteiger partial charge in [0.2, 0.25) is 0 Å². The van der Waals surface area contributed by atoms with Crippen molar-refractivity contribution in [1.82, 2.24) is 9.80 Å². The topological polar surface area (TPSA) is 26.7 Å². The van der Waals surface area contributed by atoms with Crippen molar-refractivity contribution in [1.29, 1.82) is 0 Å². The van der Waals surface area contributed by atoms with Gasteiger partial charge in [-0.05, 0) is 26.7 Å². The standard InChI is InChI=1S/C11H22N2O/c1-9(2)12-5-3-10(7-12)13-6-4-11(14)8-13/h9-11,14H,3-8H2,1-2H3. The van der Waals surface area contributed by atoms with Gasteiger partial charge in [0, 0.05) is 38.3 Å². The number of hydrogen-bond donors (Lipinski definition) is 1.